The Morgan fingerprint density at radius 3 is 2.48 bits per heavy atom. The number of hydrogen-bond acceptors (Lipinski definition) is 3. The van der Waals surface area contributed by atoms with E-state index in [-0.39, 0.29) is 11.1 Å². The summed E-state index contributed by atoms with van der Waals surface area (Å²) in [6.45, 7) is 2.42. The molecule has 21 heavy (non-hydrogen) atoms. The van der Waals surface area contributed by atoms with Crippen molar-refractivity contribution in [3.8, 4) is 11.5 Å². The van der Waals surface area contributed by atoms with Crippen LogP contribution in [0.5, 0.6) is 11.5 Å². The van der Waals surface area contributed by atoms with Crippen LogP contribution in [0.25, 0.3) is 0 Å². The minimum Gasteiger partial charge on any atom is -0.486 e. The van der Waals surface area contributed by atoms with Crippen molar-refractivity contribution >= 4 is 0 Å². The van der Waals surface area contributed by atoms with Crippen molar-refractivity contribution in [1.29, 1.82) is 0 Å². The van der Waals surface area contributed by atoms with Gasteiger partial charge in [0.05, 0.1) is 0 Å². The van der Waals surface area contributed by atoms with Crippen LogP contribution < -0.4 is 9.47 Å². The van der Waals surface area contributed by atoms with Gasteiger partial charge in [-0.2, -0.15) is 0 Å². The van der Waals surface area contributed by atoms with E-state index in [0.29, 0.717) is 30.3 Å². The van der Waals surface area contributed by atoms with Crippen LogP contribution in [0.2, 0.25) is 0 Å². The first-order valence-electron chi connectivity index (χ1n) is 6.59. The Kier molecular flexibility index (Phi) is 3.51. The van der Waals surface area contributed by atoms with Gasteiger partial charge in [-0.25, -0.2) is 8.78 Å². The van der Waals surface area contributed by atoms with Gasteiger partial charge in [0.25, 0.3) is 0 Å². The normalized spacial score (nSPS) is 14.9. The standard InChI is InChI=1S/C16H14F2O3/c1-9-6-11(13(18)8-12(9)17)16(19)10-2-3-14-15(7-10)21-5-4-20-14/h2-3,6-8,16,19H,4-5H2,1H3. The molecule has 3 nitrogen and oxygen atoms in total. The molecule has 1 heterocycles. The Balaban J connectivity index is 1.98. The lowest BCUT2D eigenvalue weighted by molar-refractivity contribution is 0.169. The highest BCUT2D eigenvalue weighted by Gasteiger charge is 2.20. The highest BCUT2D eigenvalue weighted by atomic mass is 19.1. The van der Waals surface area contributed by atoms with Crippen LogP contribution in [0.3, 0.4) is 0 Å². The van der Waals surface area contributed by atoms with Gasteiger partial charge in [0, 0.05) is 11.6 Å². The van der Waals surface area contributed by atoms with Crippen molar-refractivity contribution in [3.63, 3.8) is 0 Å². The molecule has 2 aromatic rings. The van der Waals surface area contributed by atoms with E-state index in [1.165, 1.54) is 13.0 Å². The first kappa shape index (κ1) is 13.8. The van der Waals surface area contributed by atoms with Crippen molar-refractivity contribution in [2.45, 2.75) is 13.0 Å². The van der Waals surface area contributed by atoms with Crippen molar-refractivity contribution in [3.05, 3.63) is 58.7 Å². The lowest BCUT2D eigenvalue weighted by atomic mass is 9.98. The molecule has 0 radical (unpaired) electrons. The van der Waals surface area contributed by atoms with Crippen LogP contribution in [0.15, 0.2) is 30.3 Å². The molecule has 1 aliphatic rings. The number of benzene rings is 2. The van der Waals surface area contributed by atoms with Gasteiger partial charge in [0.2, 0.25) is 0 Å². The van der Waals surface area contributed by atoms with Crippen LogP contribution in [0.1, 0.15) is 22.8 Å². The van der Waals surface area contributed by atoms with Gasteiger partial charge in [-0.05, 0) is 36.2 Å². The molecule has 0 aliphatic carbocycles. The summed E-state index contributed by atoms with van der Waals surface area (Å²) in [6.07, 6.45) is -1.19. The summed E-state index contributed by atoms with van der Waals surface area (Å²) in [5.74, 6) is -0.309. The van der Waals surface area contributed by atoms with Gasteiger partial charge in [-0.1, -0.05) is 6.07 Å². The predicted octanol–water partition coefficient (Wildman–Crippen LogP) is 3.13. The molecule has 1 aliphatic heterocycles. The maximum Gasteiger partial charge on any atom is 0.161 e. The van der Waals surface area contributed by atoms with Gasteiger partial charge in [-0.3, -0.25) is 0 Å². The van der Waals surface area contributed by atoms with E-state index in [1.54, 1.807) is 18.2 Å². The second-order valence-electron chi connectivity index (χ2n) is 4.93. The lowest BCUT2D eigenvalue weighted by Gasteiger charge is -2.20. The molecule has 0 saturated carbocycles. The van der Waals surface area contributed by atoms with E-state index in [0.717, 1.165) is 6.07 Å². The summed E-state index contributed by atoms with van der Waals surface area (Å²) in [4.78, 5) is 0. The van der Waals surface area contributed by atoms with Gasteiger partial charge in [0.15, 0.2) is 11.5 Å². The number of aryl methyl sites for hydroxylation is 1. The lowest BCUT2D eigenvalue weighted by Crippen LogP contribution is -2.15. The number of hydrogen-bond donors (Lipinski definition) is 1. The number of aliphatic hydroxyl groups is 1. The monoisotopic (exact) mass is 292 g/mol. The number of aliphatic hydroxyl groups excluding tert-OH is 1. The van der Waals surface area contributed by atoms with E-state index >= 15 is 0 Å². The predicted molar refractivity (Wildman–Crippen MR) is 72.6 cm³/mol. The van der Waals surface area contributed by atoms with E-state index in [1.807, 2.05) is 0 Å². The average molecular weight is 292 g/mol. The van der Waals surface area contributed by atoms with Crippen molar-refractivity contribution in [2.75, 3.05) is 13.2 Å². The Hall–Kier alpha value is -2.14. The second kappa shape index (κ2) is 5.33. The van der Waals surface area contributed by atoms with Gasteiger partial charge < -0.3 is 14.6 Å². The van der Waals surface area contributed by atoms with Crippen molar-refractivity contribution < 1.29 is 23.4 Å². The maximum atomic E-state index is 13.8. The van der Waals surface area contributed by atoms with E-state index < -0.39 is 17.7 Å². The third-order valence-electron chi connectivity index (χ3n) is 3.45. The zero-order valence-electron chi connectivity index (χ0n) is 11.4. The summed E-state index contributed by atoms with van der Waals surface area (Å²) in [7, 11) is 0. The topological polar surface area (TPSA) is 38.7 Å². The number of ether oxygens (including phenoxy) is 2. The minimum absolute atomic E-state index is 0.0329. The smallest absolute Gasteiger partial charge is 0.161 e. The molecule has 0 fully saturated rings. The fourth-order valence-electron chi connectivity index (χ4n) is 2.30. The second-order valence-corrected chi connectivity index (χ2v) is 4.93. The third-order valence-corrected chi connectivity index (χ3v) is 3.45. The summed E-state index contributed by atoms with van der Waals surface area (Å²) < 4.78 is 38.0. The Bertz CT molecular complexity index is 685. The number of halogens is 2. The quantitative estimate of drug-likeness (QED) is 0.924. The largest absolute Gasteiger partial charge is 0.486 e. The molecule has 1 unspecified atom stereocenters. The number of fused-ring (bicyclic) bond motifs is 1. The molecule has 3 rings (SSSR count). The highest BCUT2D eigenvalue weighted by Crippen LogP contribution is 2.35. The fraction of sp³-hybridized carbons (Fsp3) is 0.250. The molecular weight excluding hydrogens is 278 g/mol. The van der Waals surface area contributed by atoms with Crippen molar-refractivity contribution in [2.24, 2.45) is 0 Å². The summed E-state index contributed by atoms with van der Waals surface area (Å²) in [5.41, 5.74) is 0.776. The molecule has 2 aromatic carbocycles. The molecule has 0 aromatic heterocycles. The first-order chi connectivity index (χ1) is 10.1. The van der Waals surface area contributed by atoms with Gasteiger partial charge in [-0.15, -0.1) is 0 Å². The molecule has 0 spiro atoms. The van der Waals surface area contributed by atoms with Crippen LogP contribution in [-0.4, -0.2) is 18.3 Å². The van der Waals surface area contributed by atoms with Crippen LogP contribution >= 0.6 is 0 Å². The molecule has 0 bridgehead atoms. The molecule has 1 N–H and O–H groups in total. The summed E-state index contributed by atoms with van der Waals surface area (Å²) in [6, 6.07) is 7.01. The van der Waals surface area contributed by atoms with Crippen LogP contribution in [-0.2, 0) is 0 Å². The fourth-order valence-corrected chi connectivity index (χ4v) is 2.30. The average Bonchev–Trinajstić information content (AvgIpc) is 2.50. The molecule has 0 saturated heterocycles. The van der Waals surface area contributed by atoms with Crippen LogP contribution in [0, 0.1) is 18.6 Å². The molecular formula is C16H14F2O3. The van der Waals surface area contributed by atoms with Gasteiger partial charge in [0.1, 0.15) is 31.0 Å². The summed E-state index contributed by atoms with van der Waals surface area (Å²) in [5, 5.41) is 10.3. The maximum absolute atomic E-state index is 13.8. The Morgan fingerprint density at radius 1 is 1.00 bits per heavy atom. The van der Waals surface area contributed by atoms with E-state index in [4.69, 9.17) is 9.47 Å². The van der Waals surface area contributed by atoms with E-state index in [2.05, 4.69) is 0 Å². The minimum atomic E-state index is -1.19. The Morgan fingerprint density at radius 2 is 1.71 bits per heavy atom. The highest BCUT2D eigenvalue weighted by molar-refractivity contribution is 5.46. The number of rotatable bonds is 2. The first-order valence-corrected chi connectivity index (χ1v) is 6.59. The molecule has 110 valence electrons. The Labute approximate surface area is 120 Å². The van der Waals surface area contributed by atoms with Crippen LogP contribution in [0.4, 0.5) is 8.78 Å². The van der Waals surface area contributed by atoms with Crippen molar-refractivity contribution in [1.82, 2.24) is 0 Å². The molecule has 0 amide bonds. The van der Waals surface area contributed by atoms with Gasteiger partial charge >= 0.3 is 0 Å². The SMILES string of the molecule is Cc1cc(C(O)c2ccc3c(c2)OCCO3)c(F)cc1F. The molecule has 1 atom stereocenters. The third kappa shape index (κ3) is 2.56. The zero-order chi connectivity index (χ0) is 15.0. The van der Waals surface area contributed by atoms with E-state index in [9.17, 15) is 13.9 Å². The summed E-state index contributed by atoms with van der Waals surface area (Å²) >= 11 is 0. The zero-order valence-corrected chi connectivity index (χ0v) is 11.4. The molecule has 5 heteroatoms.